The fraction of sp³-hybridized carbons (Fsp3) is 0.0769. The largest absolute Gasteiger partial charge is 0.454 e. The fourth-order valence-electron chi connectivity index (χ4n) is 1.39. The Morgan fingerprint density at radius 1 is 1.22 bits per heavy atom. The molecule has 0 fully saturated rings. The summed E-state index contributed by atoms with van der Waals surface area (Å²) in [5.74, 6) is 0.105. The molecule has 18 heavy (non-hydrogen) atoms. The van der Waals surface area contributed by atoms with Crippen LogP contribution < -0.4 is 4.74 Å². The molecule has 0 spiro atoms. The zero-order chi connectivity index (χ0) is 13.1. The van der Waals surface area contributed by atoms with Gasteiger partial charge >= 0.3 is 0 Å². The molecule has 0 amide bonds. The van der Waals surface area contributed by atoms with Crippen molar-refractivity contribution in [3.63, 3.8) is 0 Å². The molecule has 0 unspecified atom stereocenters. The third kappa shape index (κ3) is 3.05. The summed E-state index contributed by atoms with van der Waals surface area (Å²) in [6.45, 7) is 0. The van der Waals surface area contributed by atoms with Gasteiger partial charge in [0.15, 0.2) is 11.6 Å². The minimum atomic E-state index is -0.556. The number of hydrogen-bond acceptors (Lipinski definition) is 1. The number of hydrogen-bond donors (Lipinski definition) is 0. The highest BCUT2D eigenvalue weighted by Gasteiger charge is 2.09. The summed E-state index contributed by atoms with van der Waals surface area (Å²) in [5.41, 5.74) is 1.09. The zero-order valence-corrected chi connectivity index (χ0v) is 13.0. The molecule has 0 aromatic heterocycles. The van der Waals surface area contributed by atoms with Gasteiger partial charge in [-0.1, -0.05) is 55.6 Å². The summed E-state index contributed by atoms with van der Waals surface area (Å²) >= 11 is 12.5. The molecule has 0 aliphatic carbocycles. The topological polar surface area (TPSA) is 9.23 Å². The van der Waals surface area contributed by atoms with Crippen LogP contribution in [0.3, 0.4) is 0 Å². The minimum Gasteiger partial charge on any atom is -0.454 e. The van der Waals surface area contributed by atoms with Gasteiger partial charge in [0.1, 0.15) is 5.75 Å². The van der Waals surface area contributed by atoms with E-state index in [1.54, 1.807) is 18.2 Å². The molecule has 0 N–H and O–H groups in total. The zero-order valence-electron chi connectivity index (χ0n) is 9.09. The maximum Gasteiger partial charge on any atom is 0.184 e. The fourth-order valence-corrected chi connectivity index (χ4v) is 2.92. The van der Waals surface area contributed by atoms with Gasteiger partial charge < -0.3 is 4.74 Å². The van der Waals surface area contributed by atoms with E-state index in [2.05, 4.69) is 31.9 Å². The van der Waals surface area contributed by atoms with Crippen LogP contribution in [0.4, 0.5) is 4.39 Å². The third-order valence-corrected chi connectivity index (χ3v) is 3.95. The molecule has 0 saturated heterocycles. The molecule has 0 aliphatic rings. The molecule has 0 atom stereocenters. The SMILES string of the molecule is Fc1c(Cl)cccc1Oc1ccc(CBr)c(Br)c1. The van der Waals surface area contributed by atoms with Crippen molar-refractivity contribution in [1.29, 1.82) is 0 Å². The highest BCUT2D eigenvalue weighted by Crippen LogP contribution is 2.31. The maximum absolute atomic E-state index is 13.7. The molecule has 0 radical (unpaired) electrons. The summed E-state index contributed by atoms with van der Waals surface area (Å²) in [7, 11) is 0. The third-order valence-electron chi connectivity index (χ3n) is 2.31. The van der Waals surface area contributed by atoms with Crippen LogP contribution in [0.1, 0.15) is 5.56 Å². The van der Waals surface area contributed by atoms with E-state index >= 15 is 0 Å². The van der Waals surface area contributed by atoms with E-state index in [1.165, 1.54) is 12.1 Å². The van der Waals surface area contributed by atoms with E-state index in [4.69, 9.17) is 16.3 Å². The Balaban J connectivity index is 2.29. The number of benzene rings is 2. The molecule has 0 bridgehead atoms. The Bertz CT molecular complexity index is 575. The average Bonchev–Trinajstić information content (AvgIpc) is 2.35. The Kier molecular flexibility index (Phi) is 4.65. The quantitative estimate of drug-likeness (QED) is 0.587. The van der Waals surface area contributed by atoms with Crippen molar-refractivity contribution in [3.05, 3.63) is 57.3 Å². The number of alkyl halides is 1. The first-order chi connectivity index (χ1) is 8.61. The summed E-state index contributed by atoms with van der Waals surface area (Å²) < 4.78 is 20.0. The minimum absolute atomic E-state index is 0.0450. The van der Waals surface area contributed by atoms with Crippen molar-refractivity contribution >= 4 is 43.5 Å². The number of halogens is 4. The van der Waals surface area contributed by atoms with Gasteiger partial charge in [0, 0.05) is 9.80 Å². The van der Waals surface area contributed by atoms with Crippen molar-refractivity contribution in [2.24, 2.45) is 0 Å². The highest BCUT2D eigenvalue weighted by molar-refractivity contribution is 9.10. The van der Waals surface area contributed by atoms with Gasteiger partial charge in [0.25, 0.3) is 0 Å². The highest BCUT2D eigenvalue weighted by atomic mass is 79.9. The Morgan fingerprint density at radius 2 is 2.00 bits per heavy atom. The lowest BCUT2D eigenvalue weighted by molar-refractivity contribution is 0.442. The lowest BCUT2D eigenvalue weighted by Crippen LogP contribution is -1.90. The van der Waals surface area contributed by atoms with Crippen LogP contribution in [0, 0.1) is 5.82 Å². The second-order valence-corrected chi connectivity index (χ2v) is 5.36. The molecule has 2 rings (SSSR count). The first-order valence-corrected chi connectivity index (χ1v) is 7.37. The van der Waals surface area contributed by atoms with Crippen LogP contribution in [-0.4, -0.2) is 0 Å². The van der Waals surface area contributed by atoms with E-state index in [9.17, 15) is 4.39 Å². The molecule has 0 aliphatic heterocycles. The molecular formula is C13H8Br2ClFO. The van der Waals surface area contributed by atoms with Crippen LogP contribution in [-0.2, 0) is 5.33 Å². The normalized spacial score (nSPS) is 10.4. The second-order valence-electron chi connectivity index (χ2n) is 3.54. The standard InChI is InChI=1S/C13H8Br2ClFO/c14-7-8-4-5-9(6-10(8)15)18-12-3-1-2-11(16)13(12)17/h1-6H,7H2. The number of ether oxygens (including phenoxy) is 1. The molecule has 2 aromatic rings. The van der Waals surface area contributed by atoms with E-state index in [0.717, 1.165) is 15.4 Å². The van der Waals surface area contributed by atoms with Gasteiger partial charge in [0.2, 0.25) is 0 Å². The van der Waals surface area contributed by atoms with Gasteiger partial charge in [-0.15, -0.1) is 0 Å². The van der Waals surface area contributed by atoms with E-state index < -0.39 is 5.82 Å². The molecular weight excluding hydrogens is 386 g/mol. The second kappa shape index (κ2) is 6.04. The van der Waals surface area contributed by atoms with E-state index in [0.29, 0.717) is 5.75 Å². The van der Waals surface area contributed by atoms with Gasteiger partial charge in [-0.3, -0.25) is 0 Å². The van der Waals surface area contributed by atoms with Crippen molar-refractivity contribution in [1.82, 2.24) is 0 Å². The van der Waals surface area contributed by atoms with Crippen molar-refractivity contribution in [2.45, 2.75) is 5.33 Å². The van der Waals surface area contributed by atoms with Crippen LogP contribution in [0.5, 0.6) is 11.5 Å². The first kappa shape index (κ1) is 13.8. The summed E-state index contributed by atoms with van der Waals surface area (Å²) in [6, 6.07) is 10.1. The van der Waals surface area contributed by atoms with Gasteiger partial charge in [-0.2, -0.15) is 0 Å². The monoisotopic (exact) mass is 392 g/mol. The average molecular weight is 394 g/mol. The van der Waals surface area contributed by atoms with E-state index in [1.807, 2.05) is 6.07 Å². The molecule has 2 aromatic carbocycles. The lowest BCUT2D eigenvalue weighted by Gasteiger charge is -2.09. The van der Waals surface area contributed by atoms with Gasteiger partial charge in [-0.05, 0) is 29.8 Å². The predicted octanol–water partition coefficient (Wildman–Crippen LogP) is 5.93. The molecule has 0 saturated carbocycles. The molecule has 5 heteroatoms. The maximum atomic E-state index is 13.7. The van der Waals surface area contributed by atoms with Crippen molar-refractivity contribution in [3.8, 4) is 11.5 Å². The Morgan fingerprint density at radius 3 is 2.67 bits per heavy atom. The van der Waals surface area contributed by atoms with Crippen LogP contribution in [0.15, 0.2) is 40.9 Å². The van der Waals surface area contributed by atoms with Gasteiger partial charge in [0.05, 0.1) is 5.02 Å². The van der Waals surface area contributed by atoms with E-state index in [-0.39, 0.29) is 10.8 Å². The Hall–Kier alpha value is -0.580. The summed E-state index contributed by atoms with van der Waals surface area (Å²) in [5, 5.41) is 0.781. The molecule has 94 valence electrons. The van der Waals surface area contributed by atoms with Crippen molar-refractivity contribution < 1.29 is 9.13 Å². The van der Waals surface area contributed by atoms with Crippen LogP contribution in [0.25, 0.3) is 0 Å². The predicted molar refractivity (Wildman–Crippen MR) is 78.3 cm³/mol. The number of rotatable bonds is 3. The van der Waals surface area contributed by atoms with Crippen LogP contribution >= 0.6 is 43.5 Å². The molecule has 0 heterocycles. The first-order valence-electron chi connectivity index (χ1n) is 5.08. The van der Waals surface area contributed by atoms with Crippen LogP contribution in [0.2, 0.25) is 5.02 Å². The smallest absolute Gasteiger partial charge is 0.184 e. The summed E-state index contributed by atoms with van der Waals surface area (Å²) in [4.78, 5) is 0. The molecule has 1 nitrogen and oxygen atoms in total. The van der Waals surface area contributed by atoms with Gasteiger partial charge in [-0.25, -0.2) is 4.39 Å². The summed E-state index contributed by atoms with van der Waals surface area (Å²) in [6.07, 6.45) is 0. The Labute approximate surface area is 126 Å². The van der Waals surface area contributed by atoms with Crippen molar-refractivity contribution in [2.75, 3.05) is 0 Å². The lowest BCUT2D eigenvalue weighted by atomic mass is 10.2.